The Balaban J connectivity index is 1.54. The summed E-state index contributed by atoms with van der Waals surface area (Å²) in [5.74, 6) is -1.05. The first-order valence-electron chi connectivity index (χ1n) is 13.4. The first-order chi connectivity index (χ1) is 18.0. The second-order valence-corrected chi connectivity index (χ2v) is 9.76. The number of piperazine rings is 1. The molecule has 7 heteroatoms. The summed E-state index contributed by atoms with van der Waals surface area (Å²) in [5.41, 5.74) is 5.63. The van der Waals surface area contributed by atoms with E-state index in [2.05, 4.69) is 54.8 Å². The molecule has 1 aliphatic rings. The number of nitriles is 1. The van der Waals surface area contributed by atoms with Gasteiger partial charge in [-0.2, -0.15) is 5.26 Å². The molecule has 0 amide bonds. The van der Waals surface area contributed by atoms with E-state index in [0.29, 0.717) is 23.6 Å². The van der Waals surface area contributed by atoms with Gasteiger partial charge >= 0.3 is 5.97 Å². The Labute approximate surface area is 220 Å². The maximum absolute atomic E-state index is 13.0. The van der Waals surface area contributed by atoms with Crippen LogP contribution in [0.3, 0.4) is 0 Å². The van der Waals surface area contributed by atoms with Gasteiger partial charge in [-0.1, -0.05) is 56.9 Å². The van der Waals surface area contributed by atoms with Gasteiger partial charge in [-0.05, 0) is 49.6 Å². The second kappa shape index (κ2) is 12.5. The monoisotopic (exact) mass is 499 g/mol. The van der Waals surface area contributed by atoms with Gasteiger partial charge in [0, 0.05) is 31.9 Å². The highest BCUT2D eigenvalue weighted by Crippen LogP contribution is 2.30. The summed E-state index contributed by atoms with van der Waals surface area (Å²) >= 11 is 0. The second-order valence-electron chi connectivity index (χ2n) is 9.76. The average Bonchev–Trinajstić information content (AvgIpc) is 2.92. The first kappa shape index (κ1) is 26.4. The SMILES string of the molecule is CCCCCCCOC(=O)[C@@H](C#N)c1nc2ccccc2nc1N1CCN(c2cccc(C)c2C)CC1. The molecule has 0 N–H and O–H groups in total. The summed E-state index contributed by atoms with van der Waals surface area (Å²) in [6, 6.07) is 16.2. The Morgan fingerprint density at radius 2 is 1.62 bits per heavy atom. The van der Waals surface area contributed by atoms with Crippen molar-refractivity contribution in [3.63, 3.8) is 0 Å². The zero-order valence-electron chi connectivity index (χ0n) is 22.2. The number of ether oxygens (including phenoxy) is 1. The topological polar surface area (TPSA) is 82.3 Å². The molecule has 0 bridgehead atoms. The van der Waals surface area contributed by atoms with E-state index in [-0.39, 0.29) is 0 Å². The lowest BCUT2D eigenvalue weighted by atomic mass is 10.0. The zero-order valence-corrected chi connectivity index (χ0v) is 22.2. The van der Waals surface area contributed by atoms with Gasteiger partial charge in [0.2, 0.25) is 0 Å². The van der Waals surface area contributed by atoms with Gasteiger partial charge in [-0.15, -0.1) is 0 Å². The van der Waals surface area contributed by atoms with Gasteiger partial charge in [0.05, 0.1) is 23.7 Å². The van der Waals surface area contributed by atoms with Crippen LogP contribution in [0.2, 0.25) is 0 Å². The molecule has 1 fully saturated rings. The van der Waals surface area contributed by atoms with E-state index in [1.165, 1.54) is 29.7 Å². The summed E-state index contributed by atoms with van der Waals surface area (Å²) in [4.78, 5) is 27.2. The summed E-state index contributed by atoms with van der Waals surface area (Å²) in [7, 11) is 0. The lowest BCUT2D eigenvalue weighted by Gasteiger charge is -2.38. The van der Waals surface area contributed by atoms with E-state index in [1.54, 1.807) is 0 Å². The maximum atomic E-state index is 13.0. The zero-order chi connectivity index (χ0) is 26.2. The number of nitrogens with zero attached hydrogens (tertiary/aromatic N) is 5. The van der Waals surface area contributed by atoms with Crippen molar-refractivity contribution < 1.29 is 9.53 Å². The summed E-state index contributed by atoms with van der Waals surface area (Å²) in [6.45, 7) is 9.87. The van der Waals surface area contributed by atoms with Crippen LogP contribution in [0.5, 0.6) is 0 Å². The molecule has 1 aliphatic heterocycles. The minimum absolute atomic E-state index is 0.325. The van der Waals surface area contributed by atoms with Crippen molar-refractivity contribution in [3.8, 4) is 6.07 Å². The van der Waals surface area contributed by atoms with Gasteiger partial charge in [0.25, 0.3) is 0 Å². The predicted octanol–water partition coefficient (Wildman–Crippen LogP) is 5.69. The van der Waals surface area contributed by atoms with E-state index in [1.807, 2.05) is 24.3 Å². The summed E-state index contributed by atoms with van der Waals surface area (Å²) in [6.07, 6.45) is 5.30. The lowest BCUT2D eigenvalue weighted by molar-refractivity contribution is -0.144. The number of esters is 1. The van der Waals surface area contributed by atoms with E-state index in [4.69, 9.17) is 14.7 Å². The molecule has 4 rings (SSSR count). The van der Waals surface area contributed by atoms with Crippen LogP contribution in [0.15, 0.2) is 42.5 Å². The fourth-order valence-corrected chi connectivity index (χ4v) is 4.86. The molecule has 2 aromatic carbocycles. The first-order valence-corrected chi connectivity index (χ1v) is 13.4. The molecule has 1 aromatic heterocycles. The molecule has 7 nitrogen and oxygen atoms in total. The highest BCUT2D eigenvalue weighted by atomic mass is 16.5. The molecular formula is C30H37N5O2. The van der Waals surface area contributed by atoms with Crippen LogP contribution in [0.25, 0.3) is 11.0 Å². The average molecular weight is 500 g/mol. The number of rotatable bonds is 10. The standard InChI is InChI=1S/C30H37N5O2/c1-4-5-6-7-10-20-37-30(36)24(21-31)28-29(33-26-14-9-8-13-25(26)32-28)35-18-16-34(17-19-35)27-15-11-12-22(2)23(27)3/h8-9,11-15,24H,4-7,10,16-20H2,1-3H3/t24-/m0/s1. The molecule has 0 unspecified atom stereocenters. The van der Waals surface area contributed by atoms with Crippen LogP contribution >= 0.6 is 0 Å². The van der Waals surface area contributed by atoms with E-state index in [9.17, 15) is 10.1 Å². The number of hydrogen-bond donors (Lipinski definition) is 0. The minimum Gasteiger partial charge on any atom is -0.464 e. The number of carbonyl (C=O) groups is 1. The smallest absolute Gasteiger partial charge is 0.329 e. The van der Waals surface area contributed by atoms with Crippen LogP contribution in [0.1, 0.15) is 61.8 Å². The van der Waals surface area contributed by atoms with Gasteiger partial charge < -0.3 is 14.5 Å². The predicted molar refractivity (Wildman–Crippen MR) is 148 cm³/mol. The summed E-state index contributed by atoms with van der Waals surface area (Å²) < 4.78 is 5.53. The number of fused-ring (bicyclic) bond motifs is 1. The number of carbonyl (C=O) groups excluding carboxylic acids is 1. The molecule has 2 heterocycles. The number of unbranched alkanes of at least 4 members (excludes halogenated alkanes) is 4. The minimum atomic E-state index is -1.11. The molecule has 1 saturated heterocycles. The Bertz CT molecular complexity index is 1260. The maximum Gasteiger partial charge on any atom is 0.329 e. The molecule has 194 valence electrons. The Kier molecular flexibility index (Phi) is 8.95. The number of anilines is 2. The van der Waals surface area contributed by atoms with Crippen LogP contribution in [0.4, 0.5) is 11.5 Å². The molecule has 0 spiro atoms. The van der Waals surface area contributed by atoms with Crippen molar-refractivity contribution in [3.05, 3.63) is 59.3 Å². The normalized spacial score (nSPS) is 14.4. The third-order valence-corrected chi connectivity index (χ3v) is 7.20. The molecule has 0 radical (unpaired) electrons. The fraction of sp³-hybridized carbons (Fsp3) is 0.467. The molecule has 37 heavy (non-hydrogen) atoms. The molecular weight excluding hydrogens is 462 g/mol. The third-order valence-electron chi connectivity index (χ3n) is 7.20. The van der Waals surface area contributed by atoms with Crippen LogP contribution in [-0.4, -0.2) is 48.7 Å². The van der Waals surface area contributed by atoms with Crippen molar-refractivity contribution in [1.29, 1.82) is 5.26 Å². The van der Waals surface area contributed by atoms with Crippen LogP contribution in [0, 0.1) is 25.2 Å². The number of hydrogen-bond acceptors (Lipinski definition) is 7. The fourth-order valence-electron chi connectivity index (χ4n) is 4.86. The number of para-hydroxylation sites is 2. The Morgan fingerprint density at radius 1 is 0.946 bits per heavy atom. The van der Waals surface area contributed by atoms with Crippen LogP contribution in [-0.2, 0) is 9.53 Å². The molecule has 0 saturated carbocycles. The Morgan fingerprint density at radius 3 is 2.32 bits per heavy atom. The molecule has 0 aliphatic carbocycles. The number of aryl methyl sites for hydroxylation is 1. The van der Waals surface area contributed by atoms with Crippen LogP contribution < -0.4 is 9.80 Å². The van der Waals surface area contributed by atoms with Gasteiger partial charge in [-0.25, -0.2) is 9.97 Å². The third kappa shape index (κ3) is 6.19. The Hall–Kier alpha value is -3.66. The van der Waals surface area contributed by atoms with Crippen molar-refractivity contribution >= 4 is 28.5 Å². The highest BCUT2D eigenvalue weighted by Gasteiger charge is 2.31. The van der Waals surface area contributed by atoms with E-state index >= 15 is 0 Å². The number of benzene rings is 2. The van der Waals surface area contributed by atoms with E-state index in [0.717, 1.165) is 51.0 Å². The highest BCUT2D eigenvalue weighted by molar-refractivity contribution is 5.85. The van der Waals surface area contributed by atoms with Crippen molar-refractivity contribution in [1.82, 2.24) is 9.97 Å². The van der Waals surface area contributed by atoms with Crippen molar-refractivity contribution in [2.45, 2.75) is 58.8 Å². The molecule has 1 atom stereocenters. The largest absolute Gasteiger partial charge is 0.464 e. The van der Waals surface area contributed by atoms with E-state index < -0.39 is 11.9 Å². The lowest BCUT2D eigenvalue weighted by Crippen LogP contribution is -2.47. The van der Waals surface area contributed by atoms with Gasteiger partial charge in [0.1, 0.15) is 5.69 Å². The molecule has 3 aromatic rings. The summed E-state index contributed by atoms with van der Waals surface area (Å²) in [5, 5.41) is 10.0. The van der Waals surface area contributed by atoms with Gasteiger partial charge in [-0.3, -0.25) is 4.79 Å². The van der Waals surface area contributed by atoms with Crippen molar-refractivity contribution in [2.75, 3.05) is 42.6 Å². The number of aromatic nitrogens is 2. The quantitative estimate of drug-likeness (QED) is 0.262. The van der Waals surface area contributed by atoms with Gasteiger partial charge in [0.15, 0.2) is 11.7 Å². The van der Waals surface area contributed by atoms with Crippen molar-refractivity contribution in [2.24, 2.45) is 0 Å².